The van der Waals surface area contributed by atoms with Crippen molar-refractivity contribution >= 4 is 33.4 Å². The number of halogens is 1. The van der Waals surface area contributed by atoms with E-state index in [0.717, 1.165) is 14.9 Å². The standard InChI is InChI=1S/C19H13BrN6O3/c20-12-6-4-5-11(9-12)17-21-14(29-23-17)10-25-16-15(22-24-25)18(27)26(19(16)28)13-7-2-1-3-8-13/h1-9,15-16H,10H2/t15-,16-/m1/s1. The van der Waals surface area contributed by atoms with E-state index in [1.54, 1.807) is 24.3 Å². The SMILES string of the molecule is O=C1[C@@H]2N=NN(Cc3nc(-c4cccc(Br)c4)no3)[C@H]2C(=O)N1c1ccccc1. The van der Waals surface area contributed by atoms with Crippen LogP contribution in [-0.2, 0) is 16.1 Å². The largest absolute Gasteiger partial charge is 0.337 e. The van der Waals surface area contributed by atoms with Gasteiger partial charge in [0.25, 0.3) is 11.8 Å². The van der Waals surface area contributed by atoms with Gasteiger partial charge in [-0.2, -0.15) is 10.1 Å². The highest BCUT2D eigenvalue weighted by molar-refractivity contribution is 9.10. The lowest BCUT2D eigenvalue weighted by Crippen LogP contribution is -2.39. The van der Waals surface area contributed by atoms with Gasteiger partial charge in [-0.3, -0.25) is 14.6 Å². The van der Waals surface area contributed by atoms with Crippen LogP contribution in [0.2, 0.25) is 0 Å². The van der Waals surface area contributed by atoms with E-state index in [0.29, 0.717) is 11.5 Å². The van der Waals surface area contributed by atoms with Gasteiger partial charge in [0.05, 0.1) is 5.69 Å². The third-order valence-corrected chi connectivity index (χ3v) is 5.21. The quantitative estimate of drug-likeness (QED) is 0.563. The first-order valence-electron chi connectivity index (χ1n) is 8.80. The molecule has 0 N–H and O–H groups in total. The van der Waals surface area contributed by atoms with Crippen LogP contribution in [0.15, 0.2) is 73.9 Å². The summed E-state index contributed by atoms with van der Waals surface area (Å²) in [6, 6.07) is 14.6. The van der Waals surface area contributed by atoms with Crippen molar-refractivity contribution < 1.29 is 14.1 Å². The summed E-state index contributed by atoms with van der Waals surface area (Å²) >= 11 is 3.41. The first kappa shape index (κ1) is 17.7. The molecule has 3 aromatic rings. The number of imide groups is 1. The van der Waals surface area contributed by atoms with E-state index in [-0.39, 0.29) is 18.3 Å². The van der Waals surface area contributed by atoms with Crippen LogP contribution in [0.25, 0.3) is 11.4 Å². The Hall–Kier alpha value is -3.40. The van der Waals surface area contributed by atoms with E-state index in [4.69, 9.17) is 4.52 Å². The lowest BCUT2D eigenvalue weighted by atomic mass is 10.1. The summed E-state index contributed by atoms with van der Waals surface area (Å²) in [7, 11) is 0. The van der Waals surface area contributed by atoms with Crippen molar-refractivity contribution in [3.63, 3.8) is 0 Å². The normalized spacial score (nSPS) is 20.6. The van der Waals surface area contributed by atoms with Gasteiger partial charge in [-0.1, -0.05) is 56.6 Å². The van der Waals surface area contributed by atoms with Gasteiger partial charge in [0.15, 0.2) is 12.1 Å². The first-order chi connectivity index (χ1) is 14.1. The first-order valence-corrected chi connectivity index (χ1v) is 9.60. The molecule has 10 heteroatoms. The maximum absolute atomic E-state index is 12.9. The fourth-order valence-electron chi connectivity index (χ4n) is 3.39. The number of hydrogen-bond acceptors (Lipinski definition) is 8. The molecule has 2 aliphatic rings. The van der Waals surface area contributed by atoms with Gasteiger partial charge < -0.3 is 4.52 Å². The fraction of sp³-hybridized carbons (Fsp3) is 0.158. The Morgan fingerprint density at radius 2 is 1.86 bits per heavy atom. The molecule has 29 heavy (non-hydrogen) atoms. The Labute approximate surface area is 173 Å². The second-order valence-corrected chi connectivity index (χ2v) is 7.48. The summed E-state index contributed by atoms with van der Waals surface area (Å²) in [5.41, 5.74) is 1.31. The van der Waals surface area contributed by atoms with E-state index in [9.17, 15) is 9.59 Å². The minimum atomic E-state index is -0.866. The summed E-state index contributed by atoms with van der Waals surface area (Å²) in [5.74, 6) is -0.0626. The third-order valence-electron chi connectivity index (χ3n) is 4.72. The number of hydrogen-bond donors (Lipinski definition) is 0. The van der Waals surface area contributed by atoms with Crippen molar-refractivity contribution in [1.82, 2.24) is 15.1 Å². The predicted octanol–water partition coefficient (Wildman–Crippen LogP) is 2.99. The van der Waals surface area contributed by atoms with Crippen LogP contribution in [0.4, 0.5) is 5.69 Å². The monoisotopic (exact) mass is 452 g/mol. The van der Waals surface area contributed by atoms with Gasteiger partial charge in [-0.15, -0.1) is 0 Å². The van der Waals surface area contributed by atoms with Crippen molar-refractivity contribution in [2.24, 2.45) is 10.3 Å². The van der Waals surface area contributed by atoms with Crippen molar-refractivity contribution in [1.29, 1.82) is 0 Å². The molecule has 0 saturated carbocycles. The zero-order chi connectivity index (χ0) is 20.0. The van der Waals surface area contributed by atoms with E-state index in [1.165, 1.54) is 5.01 Å². The summed E-state index contributed by atoms with van der Waals surface area (Å²) in [6.45, 7) is 0.0767. The van der Waals surface area contributed by atoms with Crippen LogP contribution in [0.3, 0.4) is 0 Å². The highest BCUT2D eigenvalue weighted by Crippen LogP contribution is 2.32. The Bertz CT molecular complexity index is 1130. The molecule has 0 radical (unpaired) electrons. The number of para-hydroxylation sites is 1. The van der Waals surface area contributed by atoms with Gasteiger partial charge >= 0.3 is 0 Å². The molecule has 144 valence electrons. The molecule has 1 fully saturated rings. The topological polar surface area (TPSA) is 104 Å². The van der Waals surface area contributed by atoms with Crippen molar-refractivity contribution in [3.05, 3.63) is 65.0 Å². The van der Waals surface area contributed by atoms with Crippen LogP contribution in [-0.4, -0.2) is 39.0 Å². The smallest absolute Gasteiger partial charge is 0.263 e. The Kier molecular flexibility index (Phi) is 4.20. The number of anilines is 1. The zero-order valence-electron chi connectivity index (χ0n) is 14.8. The lowest BCUT2D eigenvalue weighted by molar-refractivity contribution is -0.123. The Balaban J connectivity index is 1.37. The summed E-state index contributed by atoms with van der Waals surface area (Å²) in [5, 5.41) is 13.4. The predicted molar refractivity (Wildman–Crippen MR) is 104 cm³/mol. The molecule has 0 aliphatic carbocycles. The minimum Gasteiger partial charge on any atom is -0.337 e. The highest BCUT2D eigenvalue weighted by Gasteiger charge is 2.55. The fourth-order valence-corrected chi connectivity index (χ4v) is 3.79. The van der Waals surface area contributed by atoms with Crippen molar-refractivity contribution in [3.8, 4) is 11.4 Å². The molecule has 3 heterocycles. The van der Waals surface area contributed by atoms with Gasteiger partial charge in [0.1, 0.15) is 6.54 Å². The Morgan fingerprint density at radius 1 is 1.03 bits per heavy atom. The molecular weight excluding hydrogens is 440 g/mol. The van der Waals surface area contributed by atoms with Gasteiger partial charge in [-0.25, -0.2) is 4.90 Å². The average molecular weight is 453 g/mol. The minimum absolute atomic E-state index is 0.0767. The van der Waals surface area contributed by atoms with E-state index >= 15 is 0 Å². The van der Waals surface area contributed by atoms with Crippen LogP contribution in [0.5, 0.6) is 0 Å². The number of carbonyl (C=O) groups excluding carboxylic acids is 2. The van der Waals surface area contributed by atoms with Crippen molar-refractivity contribution in [2.75, 3.05) is 4.90 Å². The average Bonchev–Trinajstić information content (AvgIpc) is 3.41. The molecule has 1 aromatic heterocycles. The second-order valence-electron chi connectivity index (χ2n) is 6.56. The maximum Gasteiger partial charge on any atom is 0.263 e. The molecule has 0 spiro atoms. The maximum atomic E-state index is 12.9. The van der Waals surface area contributed by atoms with Crippen LogP contribution in [0.1, 0.15) is 5.89 Å². The zero-order valence-corrected chi connectivity index (χ0v) is 16.4. The molecule has 2 aliphatic heterocycles. The molecule has 0 bridgehead atoms. The second kappa shape index (κ2) is 6.89. The van der Waals surface area contributed by atoms with Gasteiger partial charge in [0, 0.05) is 10.0 Å². The van der Waals surface area contributed by atoms with Crippen LogP contribution in [0, 0.1) is 0 Å². The molecule has 2 atom stereocenters. The number of carbonyl (C=O) groups is 2. The van der Waals surface area contributed by atoms with Crippen LogP contribution < -0.4 is 4.90 Å². The number of amides is 2. The molecule has 5 rings (SSSR count). The van der Waals surface area contributed by atoms with Crippen LogP contribution >= 0.6 is 15.9 Å². The van der Waals surface area contributed by atoms with E-state index < -0.39 is 18.0 Å². The van der Waals surface area contributed by atoms with Crippen molar-refractivity contribution in [2.45, 2.75) is 18.6 Å². The molecule has 9 nitrogen and oxygen atoms in total. The molecule has 0 unspecified atom stereocenters. The number of fused-ring (bicyclic) bond motifs is 1. The summed E-state index contributed by atoms with van der Waals surface area (Å²) in [6.07, 6.45) is 0. The van der Waals surface area contributed by atoms with Gasteiger partial charge in [0.2, 0.25) is 11.7 Å². The molecule has 2 aromatic carbocycles. The number of aromatic nitrogens is 2. The summed E-state index contributed by atoms with van der Waals surface area (Å²) in [4.78, 5) is 31.1. The Morgan fingerprint density at radius 3 is 2.66 bits per heavy atom. The molecular formula is C19H13BrN6O3. The summed E-state index contributed by atoms with van der Waals surface area (Å²) < 4.78 is 6.21. The van der Waals surface area contributed by atoms with Gasteiger partial charge in [-0.05, 0) is 24.3 Å². The lowest BCUT2D eigenvalue weighted by Gasteiger charge is -2.19. The van der Waals surface area contributed by atoms with E-state index in [1.807, 2.05) is 30.3 Å². The third kappa shape index (κ3) is 3.01. The highest BCUT2D eigenvalue weighted by atomic mass is 79.9. The number of rotatable bonds is 4. The van der Waals surface area contributed by atoms with E-state index in [2.05, 4.69) is 36.4 Å². The number of benzene rings is 2. The molecule has 1 saturated heterocycles. The molecule has 2 amide bonds. The number of nitrogens with zero attached hydrogens (tertiary/aromatic N) is 6.